The number of benzene rings is 2. The number of nitrogens with two attached hydrogens (primary N) is 1. The summed E-state index contributed by atoms with van der Waals surface area (Å²) in [5.74, 6) is -0.608. The average Bonchev–Trinajstić information content (AvgIpc) is 2.94. The molecule has 0 aliphatic carbocycles. The summed E-state index contributed by atoms with van der Waals surface area (Å²) in [6.45, 7) is 0.314. The molecule has 0 atom stereocenters. The van der Waals surface area contributed by atoms with Gasteiger partial charge in [0.25, 0.3) is 12.0 Å². The summed E-state index contributed by atoms with van der Waals surface area (Å²) in [4.78, 5) is 21.6. The number of aromatic nitrogens is 3. The molecule has 1 saturated heterocycles. The largest absolute Gasteiger partial charge is 0.351 e. The molecule has 4 aromatic rings. The second kappa shape index (κ2) is 11.7. The van der Waals surface area contributed by atoms with E-state index in [0.29, 0.717) is 25.9 Å². The standard InChI is InChI=1S/C27H27F3N6O5S2/c1-42(38,39)35-9-7-19(8-10-35)33-27-32-14-18-13-22(24(29)30)26(37)36(25(18)34-27)15-16-5-6-21(23(28)11-16)17-3-2-4-20(12-17)43(31,40)41/h2-6,11-14,19,24H,7-10,15H2,1H3,(H2,31,40,41)(H,32,33,34). The number of rotatable bonds is 8. The van der Waals surface area contributed by atoms with E-state index < -0.39 is 43.4 Å². The van der Waals surface area contributed by atoms with Crippen molar-refractivity contribution in [2.24, 2.45) is 5.14 Å². The van der Waals surface area contributed by atoms with E-state index in [4.69, 9.17) is 5.14 Å². The molecule has 0 unspecified atom stereocenters. The monoisotopic (exact) mass is 636 g/mol. The van der Waals surface area contributed by atoms with Crippen LogP contribution in [0.25, 0.3) is 22.2 Å². The third kappa shape index (κ3) is 6.71. The van der Waals surface area contributed by atoms with Gasteiger partial charge in [0.2, 0.25) is 26.0 Å². The third-order valence-electron chi connectivity index (χ3n) is 7.19. The van der Waals surface area contributed by atoms with Crippen LogP contribution in [0.4, 0.5) is 19.1 Å². The second-order valence-corrected chi connectivity index (χ2v) is 13.8. The van der Waals surface area contributed by atoms with Crippen LogP contribution in [0.5, 0.6) is 0 Å². The minimum Gasteiger partial charge on any atom is -0.351 e. The summed E-state index contributed by atoms with van der Waals surface area (Å²) in [5.41, 5.74) is -1.13. The van der Waals surface area contributed by atoms with E-state index >= 15 is 4.39 Å². The van der Waals surface area contributed by atoms with Crippen LogP contribution in [0.15, 0.2) is 64.4 Å². The van der Waals surface area contributed by atoms with Crippen molar-refractivity contribution in [2.45, 2.75) is 36.7 Å². The van der Waals surface area contributed by atoms with Gasteiger partial charge in [0.1, 0.15) is 11.5 Å². The second-order valence-electron chi connectivity index (χ2n) is 10.2. The highest BCUT2D eigenvalue weighted by Crippen LogP contribution is 2.27. The fraction of sp³-hybridized carbons (Fsp3) is 0.296. The first kappa shape index (κ1) is 30.6. The minimum absolute atomic E-state index is 0.0470. The van der Waals surface area contributed by atoms with Gasteiger partial charge in [-0.2, -0.15) is 4.98 Å². The van der Waals surface area contributed by atoms with Gasteiger partial charge in [0.05, 0.1) is 23.3 Å². The Morgan fingerprint density at radius 3 is 2.42 bits per heavy atom. The number of fused-ring (bicyclic) bond motifs is 1. The van der Waals surface area contributed by atoms with Crippen molar-refractivity contribution in [3.8, 4) is 11.1 Å². The molecule has 3 heterocycles. The first-order chi connectivity index (χ1) is 20.2. The van der Waals surface area contributed by atoms with Crippen LogP contribution in [0.3, 0.4) is 0 Å². The summed E-state index contributed by atoms with van der Waals surface area (Å²) >= 11 is 0. The first-order valence-electron chi connectivity index (χ1n) is 13.0. The number of anilines is 1. The van der Waals surface area contributed by atoms with E-state index in [2.05, 4.69) is 15.3 Å². The molecule has 0 radical (unpaired) electrons. The Morgan fingerprint density at radius 1 is 1.07 bits per heavy atom. The fourth-order valence-corrected chi connectivity index (χ4v) is 6.42. The molecule has 43 heavy (non-hydrogen) atoms. The van der Waals surface area contributed by atoms with E-state index in [-0.39, 0.29) is 51.2 Å². The average molecular weight is 637 g/mol. The van der Waals surface area contributed by atoms with Crippen molar-refractivity contribution in [1.29, 1.82) is 0 Å². The van der Waals surface area contributed by atoms with Gasteiger partial charge in [-0.25, -0.2) is 44.4 Å². The van der Waals surface area contributed by atoms with Crippen LogP contribution in [-0.2, 0) is 26.6 Å². The van der Waals surface area contributed by atoms with Gasteiger partial charge in [-0.1, -0.05) is 24.3 Å². The Balaban J connectivity index is 1.47. The predicted molar refractivity (Wildman–Crippen MR) is 154 cm³/mol. The van der Waals surface area contributed by atoms with Crippen molar-refractivity contribution < 1.29 is 30.0 Å². The summed E-state index contributed by atoms with van der Waals surface area (Å²) < 4.78 is 92.2. The van der Waals surface area contributed by atoms with E-state index in [9.17, 15) is 30.4 Å². The number of hydrogen-bond acceptors (Lipinski definition) is 8. The highest BCUT2D eigenvalue weighted by Gasteiger charge is 2.26. The molecule has 16 heteroatoms. The van der Waals surface area contributed by atoms with E-state index in [1.807, 2.05) is 0 Å². The molecule has 228 valence electrons. The van der Waals surface area contributed by atoms with Crippen molar-refractivity contribution in [3.63, 3.8) is 0 Å². The number of alkyl halides is 2. The Hall–Kier alpha value is -3.86. The van der Waals surface area contributed by atoms with E-state index in [1.54, 1.807) is 0 Å². The lowest BCUT2D eigenvalue weighted by Crippen LogP contribution is -2.42. The molecule has 2 aromatic carbocycles. The van der Waals surface area contributed by atoms with Gasteiger partial charge in [-0.3, -0.25) is 9.36 Å². The Bertz CT molecular complexity index is 1980. The van der Waals surface area contributed by atoms with Gasteiger partial charge in [0, 0.05) is 36.3 Å². The van der Waals surface area contributed by atoms with Crippen molar-refractivity contribution in [3.05, 3.63) is 82.0 Å². The number of halogens is 3. The lowest BCUT2D eigenvalue weighted by atomic mass is 10.0. The summed E-state index contributed by atoms with van der Waals surface area (Å²) in [6.07, 6.45) is 0.339. The van der Waals surface area contributed by atoms with Crippen LogP contribution in [0.2, 0.25) is 0 Å². The quantitative estimate of drug-likeness (QED) is 0.299. The molecular formula is C27H27F3N6O5S2. The minimum atomic E-state index is -4.02. The Labute approximate surface area is 245 Å². The van der Waals surface area contributed by atoms with Crippen LogP contribution in [0.1, 0.15) is 30.4 Å². The molecule has 0 amide bonds. The predicted octanol–water partition coefficient (Wildman–Crippen LogP) is 3.07. The van der Waals surface area contributed by atoms with Gasteiger partial charge >= 0.3 is 0 Å². The van der Waals surface area contributed by atoms with E-state index in [0.717, 1.165) is 23.0 Å². The SMILES string of the molecule is CS(=O)(=O)N1CCC(Nc2ncc3cc(C(F)F)c(=O)n(Cc4ccc(-c5cccc(S(N)(=O)=O)c5)c(F)c4)c3n2)CC1. The molecule has 0 bridgehead atoms. The van der Waals surface area contributed by atoms with Crippen molar-refractivity contribution in [2.75, 3.05) is 24.7 Å². The van der Waals surface area contributed by atoms with Crippen LogP contribution < -0.4 is 16.0 Å². The molecule has 1 aliphatic rings. The molecule has 11 nitrogen and oxygen atoms in total. The molecule has 0 spiro atoms. The van der Waals surface area contributed by atoms with Gasteiger partial charge in [0.15, 0.2) is 0 Å². The van der Waals surface area contributed by atoms with Gasteiger partial charge in [-0.05, 0) is 48.2 Å². The van der Waals surface area contributed by atoms with Gasteiger partial charge < -0.3 is 5.32 Å². The zero-order valence-corrected chi connectivity index (χ0v) is 24.4. The highest BCUT2D eigenvalue weighted by molar-refractivity contribution is 7.89. The lowest BCUT2D eigenvalue weighted by molar-refractivity contribution is 0.149. The first-order valence-corrected chi connectivity index (χ1v) is 16.4. The number of pyridine rings is 1. The fourth-order valence-electron chi connectivity index (χ4n) is 4.98. The van der Waals surface area contributed by atoms with Crippen LogP contribution >= 0.6 is 0 Å². The number of hydrogen-bond donors (Lipinski definition) is 2. The van der Waals surface area contributed by atoms with Gasteiger partial charge in [-0.15, -0.1) is 0 Å². The number of nitrogens with one attached hydrogen (secondary N) is 1. The number of primary sulfonamides is 1. The Morgan fingerprint density at radius 2 is 1.79 bits per heavy atom. The van der Waals surface area contributed by atoms with E-state index in [1.165, 1.54) is 46.9 Å². The zero-order valence-electron chi connectivity index (χ0n) is 22.7. The topological polar surface area (TPSA) is 157 Å². The number of piperidine rings is 1. The summed E-state index contributed by atoms with van der Waals surface area (Å²) in [7, 11) is -7.33. The molecular weight excluding hydrogens is 609 g/mol. The molecule has 5 rings (SSSR count). The lowest BCUT2D eigenvalue weighted by Gasteiger charge is -2.30. The molecule has 0 saturated carbocycles. The maximum atomic E-state index is 15.2. The normalized spacial score (nSPS) is 15.3. The maximum Gasteiger partial charge on any atom is 0.269 e. The smallest absolute Gasteiger partial charge is 0.269 e. The Kier molecular flexibility index (Phi) is 8.30. The molecule has 2 aromatic heterocycles. The number of sulfonamides is 2. The van der Waals surface area contributed by atoms with Crippen molar-refractivity contribution in [1.82, 2.24) is 18.8 Å². The summed E-state index contributed by atoms with van der Waals surface area (Å²) in [5, 5.41) is 8.48. The highest BCUT2D eigenvalue weighted by atomic mass is 32.2. The van der Waals surface area contributed by atoms with Crippen molar-refractivity contribution >= 4 is 37.0 Å². The molecule has 1 aliphatic heterocycles. The maximum absolute atomic E-state index is 15.2. The number of nitrogens with zero attached hydrogens (tertiary/aromatic N) is 4. The van der Waals surface area contributed by atoms with Crippen LogP contribution in [-0.4, -0.2) is 61.1 Å². The van der Waals surface area contributed by atoms with Crippen LogP contribution in [0, 0.1) is 5.82 Å². The zero-order chi connectivity index (χ0) is 31.1. The molecule has 3 N–H and O–H groups in total. The molecule has 1 fully saturated rings. The summed E-state index contributed by atoms with van der Waals surface area (Å²) in [6, 6.07) is 10.3. The third-order valence-corrected chi connectivity index (χ3v) is 9.41.